The van der Waals surface area contributed by atoms with Crippen molar-refractivity contribution in [1.29, 1.82) is 0 Å². The second kappa shape index (κ2) is 24.6. The minimum absolute atomic E-state index is 0.0114. The monoisotopic (exact) mass is 1340 g/mol. The molecular weight excluding hydrogens is 1240 g/mol. The van der Waals surface area contributed by atoms with Gasteiger partial charge in [0.1, 0.15) is 29.5 Å². The van der Waals surface area contributed by atoms with Gasteiger partial charge in [0.05, 0.1) is 55.7 Å². The van der Waals surface area contributed by atoms with Crippen molar-refractivity contribution < 1.29 is 30.0 Å². The first-order valence-electron chi connectivity index (χ1n) is 34.8. The zero-order valence-corrected chi connectivity index (χ0v) is 63.1. The number of carbonyl (C=O) groups is 2. The van der Waals surface area contributed by atoms with Crippen molar-refractivity contribution in [2.24, 2.45) is 0 Å². The number of aromatic carboxylic acids is 2. The van der Waals surface area contributed by atoms with Crippen molar-refractivity contribution in [2.45, 2.75) is 209 Å². The van der Waals surface area contributed by atoms with Crippen LogP contribution in [0.4, 0.5) is 0 Å². The predicted octanol–water partition coefficient (Wildman–Crippen LogP) is 22.3. The lowest BCUT2D eigenvalue weighted by Gasteiger charge is -2.28. The van der Waals surface area contributed by atoms with Crippen LogP contribution < -0.4 is 0 Å². The van der Waals surface area contributed by atoms with Crippen LogP contribution in [0.15, 0.2) is 146 Å². The minimum atomic E-state index is -1.15. The smallest absolute Gasteiger partial charge is 0.335 e. The van der Waals surface area contributed by atoms with Gasteiger partial charge in [-0.3, -0.25) is 9.13 Å². The molecule has 11 rings (SSSR count). The zero-order valence-electron chi connectivity index (χ0n) is 63.1. The van der Waals surface area contributed by atoms with E-state index in [1.165, 1.54) is 6.33 Å². The maximum Gasteiger partial charge on any atom is 0.335 e. The van der Waals surface area contributed by atoms with Gasteiger partial charge in [0.2, 0.25) is 0 Å². The molecule has 3 heterocycles. The number of hydrogen-bond donors (Lipinski definition) is 4. The minimum Gasteiger partial charge on any atom is -0.507 e. The van der Waals surface area contributed by atoms with Crippen molar-refractivity contribution in [2.75, 3.05) is 0 Å². The van der Waals surface area contributed by atoms with Crippen LogP contribution in [0.1, 0.15) is 231 Å². The summed E-state index contributed by atoms with van der Waals surface area (Å²) in [5.74, 6) is -0.951. The number of hydrogen-bond acceptors (Lipinski definition) is 8. The fraction of sp³-hybridized carbons (Fsp3) is 0.364. The lowest BCUT2D eigenvalue weighted by Crippen LogP contribution is -2.18. The molecule has 0 aliphatic rings. The Bertz CT molecular complexity index is 4740. The van der Waals surface area contributed by atoms with E-state index in [-0.39, 0.29) is 55.1 Å². The third kappa shape index (κ3) is 13.9. The first-order chi connectivity index (χ1) is 46.1. The first-order valence-corrected chi connectivity index (χ1v) is 34.8. The summed E-state index contributed by atoms with van der Waals surface area (Å²) in [6.07, 6.45) is 1.41. The molecule has 0 bridgehead atoms. The van der Waals surface area contributed by atoms with Crippen LogP contribution in [0.5, 0.6) is 11.5 Å². The summed E-state index contributed by atoms with van der Waals surface area (Å²) in [4.78, 5) is 47.7. The van der Waals surface area contributed by atoms with Crippen molar-refractivity contribution in [3.8, 4) is 90.4 Å². The molecule has 11 aromatic rings. The molecule has 0 radical (unpaired) electrons. The molecule has 0 unspecified atom stereocenters. The molecule has 0 saturated carbocycles. The molecule has 0 fully saturated rings. The number of phenols is 2. The van der Waals surface area contributed by atoms with Crippen LogP contribution in [-0.4, -0.2) is 61.4 Å². The average Bonchev–Trinajstić information content (AvgIpc) is 1.57. The summed E-state index contributed by atoms with van der Waals surface area (Å²) in [5, 5.41) is 47.4. The predicted molar refractivity (Wildman–Crippen MR) is 411 cm³/mol. The van der Waals surface area contributed by atoms with Crippen molar-refractivity contribution >= 4 is 34.0 Å². The molecule has 0 spiro atoms. The Morgan fingerprint density at radius 3 is 0.920 bits per heavy atom. The van der Waals surface area contributed by atoms with Gasteiger partial charge in [0.25, 0.3) is 0 Å². The number of fused-ring (bicyclic) bond motifs is 2. The highest BCUT2D eigenvalue weighted by Gasteiger charge is 2.34. The fourth-order valence-electron chi connectivity index (χ4n) is 13.2. The lowest BCUT2D eigenvalue weighted by molar-refractivity contribution is 0.0686. The van der Waals surface area contributed by atoms with E-state index in [9.17, 15) is 30.0 Å². The number of para-hydroxylation sites is 2. The molecule has 100 heavy (non-hydrogen) atoms. The van der Waals surface area contributed by atoms with Gasteiger partial charge in [0, 0.05) is 44.8 Å². The Hall–Kier alpha value is -9.68. The number of carboxylic acids is 2. The van der Waals surface area contributed by atoms with Crippen molar-refractivity contribution in [3.05, 3.63) is 201 Å². The van der Waals surface area contributed by atoms with E-state index < -0.39 is 22.8 Å². The van der Waals surface area contributed by atoms with Crippen LogP contribution in [-0.2, 0) is 43.3 Å². The Balaban J connectivity index is 1.12. The highest BCUT2D eigenvalue weighted by Crippen LogP contribution is 2.49. The molecule has 8 aromatic carbocycles. The average molecular weight is 1340 g/mol. The summed E-state index contributed by atoms with van der Waals surface area (Å²) < 4.78 is 4.29. The van der Waals surface area contributed by atoms with Crippen LogP contribution in [0.3, 0.4) is 0 Å². The Labute approximate surface area is 591 Å². The van der Waals surface area contributed by atoms with Gasteiger partial charge in [-0.2, -0.15) is 0 Å². The number of imidazole rings is 2. The molecule has 518 valence electrons. The van der Waals surface area contributed by atoms with E-state index in [1.54, 1.807) is 30.3 Å². The number of benzene rings is 8. The van der Waals surface area contributed by atoms with Gasteiger partial charge in [0.15, 0.2) is 0 Å². The molecule has 0 saturated heterocycles. The molecule has 0 aliphatic carbocycles. The number of rotatable bonds is 10. The van der Waals surface area contributed by atoms with E-state index in [4.69, 9.17) is 19.9 Å². The van der Waals surface area contributed by atoms with Gasteiger partial charge in [-0.15, -0.1) is 0 Å². The summed E-state index contributed by atoms with van der Waals surface area (Å²) in [6.45, 7) is 52.2. The van der Waals surface area contributed by atoms with Crippen LogP contribution >= 0.6 is 0 Å². The van der Waals surface area contributed by atoms with E-state index in [0.717, 1.165) is 66.9 Å². The molecular formula is C88H100N6O6. The van der Waals surface area contributed by atoms with Crippen LogP contribution in [0.2, 0.25) is 0 Å². The topological polar surface area (TPSA) is 176 Å². The van der Waals surface area contributed by atoms with Gasteiger partial charge in [-0.05, 0) is 179 Å². The lowest BCUT2D eigenvalue weighted by atomic mass is 9.78. The first kappa shape index (κ1) is 71.6. The molecule has 0 amide bonds. The molecule has 12 nitrogen and oxygen atoms in total. The third-order valence-corrected chi connectivity index (χ3v) is 19.5. The fourth-order valence-corrected chi connectivity index (χ4v) is 13.2. The normalized spacial score (nSPS) is 13.0. The number of carboxylic acid groups (broad SMARTS) is 2. The Morgan fingerprint density at radius 1 is 0.330 bits per heavy atom. The van der Waals surface area contributed by atoms with Crippen LogP contribution in [0, 0.1) is 0 Å². The second-order valence-electron chi connectivity index (χ2n) is 35.8. The third-order valence-electron chi connectivity index (χ3n) is 19.5. The highest BCUT2D eigenvalue weighted by molar-refractivity contribution is 6.01. The standard InChI is InChI=1S/C88H100N6O6/c1-81(2,3)55-37-56(82(4,5)6)40-61(39-55)93-71-29-25-27-63(73(71)91-77(93)65-43-59(85(13,14)15)45-67(75(65)95)87(19,20)21)49-31-51(35-53(33-49)79(97)98)69-47-70(90-48-89-69)52-32-50(34-54(36-52)80(99)100)64-28-26-30-72-74(64)92-78(66-44-60(86(16,17)18)46-68(76(66)96)88(22,23)24)94(72)62-41-57(83(7,8)9)38-58(42-62)84(10,11)12/h25-48,95-96H,1-24H3,(H,97,98)(H,99,100). The van der Waals surface area contributed by atoms with E-state index in [2.05, 4.69) is 236 Å². The zero-order chi connectivity index (χ0) is 73.4. The number of aromatic nitrogens is 6. The second-order valence-corrected chi connectivity index (χ2v) is 35.8. The van der Waals surface area contributed by atoms with Crippen LogP contribution in [0.25, 0.3) is 101 Å². The quantitative estimate of drug-likeness (QED) is 0.103. The van der Waals surface area contributed by atoms with Gasteiger partial charge < -0.3 is 20.4 Å². The summed E-state index contributed by atoms with van der Waals surface area (Å²) >= 11 is 0. The van der Waals surface area contributed by atoms with E-state index in [1.807, 2.05) is 48.5 Å². The van der Waals surface area contributed by atoms with Gasteiger partial charge >= 0.3 is 11.9 Å². The Morgan fingerprint density at radius 2 is 0.630 bits per heavy atom. The van der Waals surface area contributed by atoms with E-state index in [0.29, 0.717) is 78.6 Å². The highest BCUT2D eigenvalue weighted by atomic mass is 16.4. The SMILES string of the molecule is CC(C)(C)c1cc(-n2c(-c3cc(C(C)(C)C)cc(C(C)(C)C)c3O)nc3c(-c4cc(C(=O)O)cc(-c5cc(-c6cc(C(=O)O)cc(-c7cccc8c7nc(-c7cc(C(C)(C)C)cc(C(C)(C)C)c7O)n8-c7cc(C(C)(C)C)cc(C(C)(C)C)c7)c6)ncn5)c4)cccc32)cc(C(C)(C)C)c1. The maximum atomic E-state index is 13.5. The Kier molecular flexibility index (Phi) is 17.6. The summed E-state index contributed by atoms with van der Waals surface area (Å²) in [6, 6.07) is 45.7. The molecule has 12 heteroatoms. The molecule has 0 atom stereocenters. The summed E-state index contributed by atoms with van der Waals surface area (Å²) in [7, 11) is 0. The molecule has 3 aromatic heterocycles. The number of phenolic OH excluding ortho intramolecular Hbond substituents is 2. The van der Waals surface area contributed by atoms with Crippen molar-refractivity contribution in [3.63, 3.8) is 0 Å². The molecule has 4 N–H and O–H groups in total. The van der Waals surface area contributed by atoms with Crippen molar-refractivity contribution in [1.82, 2.24) is 29.1 Å². The number of nitrogens with zero attached hydrogens (tertiary/aromatic N) is 6. The summed E-state index contributed by atoms with van der Waals surface area (Å²) in [5.41, 5.74) is 15.6. The van der Waals surface area contributed by atoms with Gasteiger partial charge in [-0.25, -0.2) is 29.5 Å². The largest absolute Gasteiger partial charge is 0.507 e. The van der Waals surface area contributed by atoms with E-state index >= 15 is 0 Å². The van der Waals surface area contributed by atoms with Gasteiger partial charge in [-0.1, -0.05) is 215 Å². The molecule has 0 aliphatic heterocycles. The number of aromatic hydroxyl groups is 2. The maximum absolute atomic E-state index is 13.5.